The molecule has 2 aromatic rings. The number of amidine groups is 1. The molecule has 0 aliphatic rings. The molecule has 3 N–H and O–H groups in total. The smallest absolute Gasteiger partial charge is 0.122 e. The van der Waals surface area contributed by atoms with Gasteiger partial charge in [0.15, 0.2) is 0 Å². The first kappa shape index (κ1) is 15.3. The van der Waals surface area contributed by atoms with Crippen molar-refractivity contribution in [2.45, 2.75) is 26.9 Å². The van der Waals surface area contributed by atoms with Gasteiger partial charge in [0.05, 0.1) is 0 Å². The summed E-state index contributed by atoms with van der Waals surface area (Å²) < 4.78 is 0. The van der Waals surface area contributed by atoms with Gasteiger partial charge in [0.25, 0.3) is 0 Å². The van der Waals surface area contributed by atoms with Gasteiger partial charge in [0.2, 0.25) is 0 Å². The number of aryl methyl sites for hydroxylation is 1. The van der Waals surface area contributed by atoms with E-state index in [1.165, 1.54) is 16.7 Å². The number of rotatable bonds is 6. The number of nitrogens with one attached hydrogen (secondary N) is 1. The summed E-state index contributed by atoms with van der Waals surface area (Å²) in [4.78, 5) is 2.41. The monoisotopic (exact) mass is 281 g/mol. The van der Waals surface area contributed by atoms with E-state index in [4.69, 9.17) is 11.1 Å². The Bertz CT molecular complexity index is 605. The summed E-state index contributed by atoms with van der Waals surface area (Å²) in [7, 11) is 0. The van der Waals surface area contributed by atoms with Crippen LogP contribution in [0, 0.1) is 12.3 Å². The zero-order valence-electron chi connectivity index (χ0n) is 12.8. The van der Waals surface area contributed by atoms with E-state index in [0.717, 1.165) is 25.2 Å². The van der Waals surface area contributed by atoms with Crippen molar-refractivity contribution < 1.29 is 0 Å². The molecule has 0 spiro atoms. The molecule has 0 fully saturated rings. The molecule has 0 bridgehead atoms. The molecule has 3 heteroatoms. The van der Waals surface area contributed by atoms with Crippen LogP contribution in [-0.4, -0.2) is 17.3 Å². The standard InChI is InChI=1S/C18H23N3/c1-3-21(12-15-7-5-4-6-8-15)13-17-10-9-16(18(19)20)11-14(17)2/h4-11H,3,12-13H2,1-2H3,(H3,19,20). The highest BCUT2D eigenvalue weighted by Gasteiger charge is 2.08. The number of nitrogens with zero attached hydrogens (tertiary/aromatic N) is 1. The number of nitrogen functional groups attached to an aromatic ring is 1. The van der Waals surface area contributed by atoms with E-state index in [2.05, 4.69) is 49.1 Å². The van der Waals surface area contributed by atoms with Gasteiger partial charge in [-0.1, -0.05) is 49.4 Å². The molecule has 0 amide bonds. The van der Waals surface area contributed by atoms with Crippen molar-refractivity contribution >= 4 is 5.84 Å². The van der Waals surface area contributed by atoms with E-state index in [9.17, 15) is 0 Å². The molecule has 0 radical (unpaired) electrons. The fourth-order valence-corrected chi connectivity index (χ4v) is 2.40. The first-order valence-corrected chi connectivity index (χ1v) is 7.30. The highest BCUT2D eigenvalue weighted by Crippen LogP contribution is 2.15. The third kappa shape index (κ3) is 4.17. The summed E-state index contributed by atoms with van der Waals surface area (Å²) >= 11 is 0. The zero-order chi connectivity index (χ0) is 15.2. The van der Waals surface area contributed by atoms with Gasteiger partial charge in [-0.15, -0.1) is 0 Å². The predicted molar refractivity (Wildman–Crippen MR) is 88.4 cm³/mol. The first-order chi connectivity index (χ1) is 10.1. The molecule has 0 saturated heterocycles. The third-order valence-electron chi connectivity index (χ3n) is 3.74. The second-order valence-corrected chi connectivity index (χ2v) is 5.34. The van der Waals surface area contributed by atoms with E-state index in [1.807, 2.05) is 18.2 Å². The van der Waals surface area contributed by atoms with Crippen LogP contribution in [0.3, 0.4) is 0 Å². The topological polar surface area (TPSA) is 53.1 Å². The lowest BCUT2D eigenvalue weighted by Gasteiger charge is -2.22. The van der Waals surface area contributed by atoms with Crippen molar-refractivity contribution in [3.05, 3.63) is 70.8 Å². The molecule has 110 valence electrons. The fraction of sp³-hybridized carbons (Fsp3) is 0.278. The molecular formula is C18H23N3. The van der Waals surface area contributed by atoms with Crippen LogP contribution in [0.1, 0.15) is 29.2 Å². The van der Waals surface area contributed by atoms with E-state index in [1.54, 1.807) is 0 Å². The highest BCUT2D eigenvalue weighted by atomic mass is 15.1. The summed E-state index contributed by atoms with van der Waals surface area (Å²) in [5, 5.41) is 7.50. The Kier molecular flexibility index (Phi) is 5.12. The molecule has 0 atom stereocenters. The van der Waals surface area contributed by atoms with Gasteiger partial charge in [0.1, 0.15) is 5.84 Å². The summed E-state index contributed by atoms with van der Waals surface area (Å²) in [5.74, 6) is 0.126. The molecule has 21 heavy (non-hydrogen) atoms. The molecule has 0 aliphatic carbocycles. The van der Waals surface area contributed by atoms with Crippen LogP contribution in [0.4, 0.5) is 0 Å². The molecule has 0 aliphatic heterocycles. The minimum absolute atomic E-state index is 0.126. The Balaban J connectivity index is 2.10. The van der Waals surface area contributed by atoms with Gasteiger partial charge < -0.3 is 5.73 Å². The minimum Gasteiger partial charge on any atom is -0.384 e. The van der Waals surface area contributed by atoms with Gasteiger partial charge >= 0.3 is 0 Å². The van der Waals surface area contributed by atoms with Gasteiger partial charge in [-0.25, -0.2) is 0 Å². The maximum absolute atomic E-state index is 7.50. The van der Waals surface area contributed by atoms with Crippen molar-refractivity contribution in [3.63, 3.8) is 0 Å². The van der Waals surface area contributed by atoms with Crippen molar-refractivity contribution in [3.8, 4) is 0 Å². The SMILES string of the molecule is CCN(Cc1ccccc1)Cc1ccc(C(=N)N)cc1C. The van der Waals surface area contributed by atoms with E-state index < -0.39 is 0 Å². The number of benzene rings is 2. The quantitative estimate of drug-likeness (QED) is 0.630. The van der Waals surface area contributed by atoms with Crippen LogP contribution in [0.2, 0.25) is 0 Å². The maximum Gasteiger partial charge on any atom is 0.122 e. The maximum atomic E-state index is 7.50. The second-order valence-electron chi connectivity index (χ2n) is 5.34. The lowest BCUT2D eigenvalue weighted by atomic mass is 10.0. The number of nitrogens with two attached hydrogens (primary N) is 1. The lowest BCUT2D eigenvalue weighted by molar-refractivity contribution is 0.271. The predicted octanol–water partition coefficient (Wildman–Crippen LogP) is 3.30. The molecule has 0 heterocycles. The largest absolute Gasteiger partial charge is 0.384 e. The summed E-state index contributed by atoms with van der Waals surface area (Å²) in [6.45, 7) is 7.13. The molecular weight excluding hydrogens is 258 g/mol. The molecule has 2 rings (SSSR count). The van der Waals surface area contributed by atoms with Crippen LogP contribution >= 0.6 is 0 Å². The van der Waals surface area contributed by atoms with Gasteiger partial charge in [-0.3, -0.25) is 10.3 Å². The Hall–Kier alpha value is -2.13. The van der Waals surface area contributed by atoms with Gasteiger partial charge in [-0.05, 0) is 36.2 Å². The Morgan fingerprint density at radius 1 is 1.10 bits per heavy atom. The van der Waals surface area contributed by atoms with E-state index in [-0.39, 0.29) is 5.84 Å². The lowest BCUT2D eigenvalue weighted by Crippen LogP contribution is -2.23. The first-order valence-electron chi connectivity index (χ1n) is 7.30. The van der Waals surface area contributed by atoms with Crippen LogP contribution in [0.15, 0.2) is 48.5 Å². The Labute approximate surface area is 126 Å². The molecule has 0 unspecified atom stereocenters. The van der Waals surface area contributed by atoms with Crippen LogP contribution < -0.4 is 5.73 Å². The van der Waals surface area contributed by atoms with Crippen molar-refractivity contribution in [1.82, 2.24) is 4.90 Å². The van der Waals surface area contributed by atoms with Crippen molar-refractivity contribution in [1.29, 1.82) is 5.41 Å². The van der Waals surface area contributed by atoms with Crippen LogP contribution in [0.5, 0.6) is 0 Å². The van der Waals surface area contributed by atoms with Crippen molar-refractivity contribution in [2.75, 3.05) is 6.54 Å². The molecule has 3 nitrogen and oxygen atoms in total. The second kappa shape index (κ2) is 7.04. The molecule has 0 saturated carbocycles. The number of hydrogen-bond acceptors (Lipinski definition) is 2. The summed E-state index contributed by atoms with van der Waals surface area (Å²) in [6, 6.07) is 16.5. The fourth-order valence-electron chi connectivity index (χ4n) is 2.40. The normalized spacial score (nSPS) is 10.8. The zero-order valence-corrected chi connectivity index (χ0v) is 12.8. The Morgan fingerprint density at radius 3 is 2.38 bits per heavy atom. The van der Waals surface area contributed by atoms with Crippen LogP contribution in [0.25, 0.3) is 0 Å². The Morgan fingerprint density at radius 2 is 1.81 bits per heavy atom. The van der Waals surface area contributed by atoms with E-state index >= 15 is 0 Å². The molecule has 0 aromatic heterocycles. The van der Waals surface area contributed by atoms with Crippen LogP contribution in [-0.2, 0) is 13.1 Å². The molecule has 2 aromatic carbocycles. The van der Waals surface area contributed by atoms with Crippen molar-refractivity contribution in [2.24, 2.45) is 5.73 Å². The summed E-state index contributed by atoms with van der Waals surface area (Å²) in [5.41, 5.74) is 10.1. The van der Waals surface area contributed by atoms with E-state index in [0.29, 0.717) is 0 Å². The van der Waals surface area contributed by atoms with Gasteiger partial charge in [0, 0.05) is 18.7 Å². The average Bonchev–Trinajstić information content (AvgIpc) is 2.49. The minimum atomic E-state index is 0.126. The third-order valence-corrected chi connectivity index (χ3v) is 3.74. The highest BCUT2D eigenvalue weighted by molar-refractivity contribution is 5.95. The average molecular weight is 281 g/mol. The van der Waals surface area contributed by atoms with Gasteiger partial charge in [-0.2, -0.15) is 0 Å². The summed E-state index contributed by atoms with van der Waals surface area (Å²) in [6.07, 6.45) is 0. The number of hydrogen-bond donors (Lipinski definition) is 2.